The first-order valence-electron chi connectivity index (χ1n) is 6.99. The van der Waals surface area contributed by atoms with Crippen molar-refractivity contribution in [1.82, 2.24) is 10.3 Å². The van der Waals surface area contributed by atoms with Crippen LogP contribution in [-0.4, -0.2) is 37.1 Å². The fourth-order valence-electron chi connectivity index (χ4n) is 2.36. The predicted molar refractivity (Wildman–Crippen MR) is 80.7 cm³/mol. The second-order valence-electron chi connectivity index (χ2n) is 4.80. The first kappa shape index (κ1) is 13.4. The molecule has 0 fully saturated rings. The number of amides is 1. The zero-order valence-corrected chi connectivity index (χ0v) is 11.7. The lowest BCUT2D eigenvalue weighted by Gasteiger charge is -2.31. The largest absolute Gasteiger partial charge is 0.490 e. The summed E-state index contributed by atoms with van der Waals surface area (Å²) in [6, 6.07) is 11.5. The summed E-state index contributed by atoms with van der Waals surface area (Å²) >= 11 is 0. The average molecular weight is 283 g/mol. The quantitative estimate of drug-likeness (QED) is 0.928. The van der Waals surface area contributed by atoms with Crippen molar-refractivity contribution >= 4 is 11.6 Å². The summed E-state index contributed by atoms with van der Waals surface area (Å²) in [7, 11) is 0. The van der Waals surface area contributed by atoms with Gasteiger partial charge in [-0.05, 0) is 24.3 Å². The molecule has 1 aliphatic heterocycles. The van der Waals surface area contributed by atoms with Crippen molar-refractivity contribution in [3.63, 3.8) is 0 Å². The number of anilines is 1. The van der Waals surface area contributed by atoms with Crippen molar-refractivity contribution in [3.05, 3.63) is 54.4 Å². The summed E-state index contributed by atoms with van der Waals surface area (Å²) in [4.78, 5) is 18.1. The zero-order valence-electron chi connectivity index (χ0n) is 11.7. The van der Waals surface area contributed by atoms with Gasteiger partial charge in [-0.1, -0.05) is 12.1 Å². The number of para-hydroxylation sites is 2. The van der Waals surface area contributed by atoms with E-state index < -0.39 is 0 Å². The minimum atomic E-state index is -0.0929. The highest BCUT2D eigenvalue weighted by Gasteiger charge is 2.17. The molecule has 1 aromatic heterocycles. The van der Waals surface area contributed by atoms with Crippen LogP contribution in [0.25, 0.3) is 0 Å². The molecule has 108 valence electrons. The van der Waals surface area contributed by atoms with Crippen molar-refractivity contribution < 1.29 is 9.53 Å². The van der Waals surface area contributed by atoms with E-state index in [4.69, 9.17) is 4.74 Å². The van der Waals surface area contributed by atoms with E-state index in [1.165, 1.54) is 0 Å². The fourth-order valence-corrected chi connectivity index (χ4v) is 2.36. The number of benzene rings is 1. The molecule has 0 saturated carbocycles. The highest BCUT2D eigenvalue weighted by molar-refractivity contribution is 5.93. The Bertz CT molecular complexity index is 616. The zero-order chi connectivity index (χ0) is 14.5. The number of nitrogens with one attached hydrogen (secondary N) is 1. The molecule has 1 N–H and O–H groups in total. The second kappa shape index (κ2) is 6.26. The lowest BCUT2D eigenvalue weighted by molar-refractivity contribution is 0.0954. The molecule has 0 radical (unpaired) electrons. The Labute approximate surface area is 123 Å². The molecule has 1 aromatic carbocycles. The number of carbonyl (C=O) groups is 1. The lowest BCUT2D eigenvalue weighted by Crippen LogP contribution is -2.39. The van der Waals surface area contributed by atoms with Gasteiger partial charge in [-0.15, -0.1) is 0 Å². The maximum Gasteiger partial charge on any atom is 0.252 e. The number of hydrogen-bond acceptors (Lipinski definition) is 4. The lowest BCUT2D eigenvalue weighted by atomic mass is 10.2. The summed E-state index contributed by atoms with van der Waals surface area (Å²) < 4.78 is 5.61. The summed E-state index contributed by atoms with van der Waals surface area (Å²) in [5.41, 5.74) is 1.67. The third-order valence-corrected chi connectivity index (χ3v) is 3.42. The number of aromatic nitrogens is 1. The second-order valence-corrected chi connectivity index (χ2v) is 4.80. The summed E-state index contributed by atoms with van der Waals surface area (Å²) in [5.74, 6) is 0.812. The molecule has 2 heterocycles. The third-order valence-electron chi connectivity index (χ3n) is 3.42. The molecule has 3 rings (SSSR count). The van der Waals surface area contributed by atoms with Crippen molar-refractivity contribution in [2.24, 2.45) is 0 Å². The minimum Gasteiger partial charge on any atom is -0.490 e. The molecule has 2 aromatic rings. The van der Waals surface area contributed by atoms with Crippen LogP contribution in [0.2, 0.25) is 0 Å². The molecule has 0 spiro atoms. The topological polar surface area (TPSA) is 54.5 Å². The monoisotopic (exact) mass is 283 g/mol. The van der Waals surface area contributed by atoms with E-state index in [0.29, 0.717) is 18.7 Å². The molecule has 21 heavy (non-hydrogen) atoms. The number of pyridine rings is 1. The van der Waals surface area contributed by atoms with Gasteiger partial charge in [-0.3, -0.25) is 9.78 Å². The molecular formula is C16H17N3O2. The third kappa shape index (κ3) is 3.13. The molecular weight excluding hydrogens is 266 g/mol. The Morgan fingerprint density at radius 3 is 3.05 bits per heavy atom. The van der Waals surface area contributed by atoms with Crippen LogP contribution < -0.4 is 15.0 Å². The maximum absolute atomic E-state index is 11.9. The smallest absolute Gasteiger partial charge is 0.252 e. The molecule has 0 atom stereocenters. The van der Waals surface area contributed by atoms with Gasteiger partial charge in [0.05, 0.1) is 17.8 Å². The molecule has 5 heteroatoms. The van der Waals surface area contributed by atoms with Crippen LogP contribution in [0.3, 0.4) is 0 Å². The molecule has 0 unspecified atom stereocenters. The Hall–Kier alpha value is -2.56. The average Bonchev–Trinajstić information content (AvgIpc) is 2.56. The van der Waals surface area contributed by atoms with E-state index in [0.717, 1.165) is 24.5 Å². The number of carbonyl (C=O) groups excluding carboxylic acids is 1. The summed E-state index contributed by atoms with van der Waals surface area (Å²) in [6.07, 6.45) is 3.22. The van der Waals surface area contributed by atoms with Gasteiger partial charge in [0.15, 0.2) is 0 Å². The summed E-state index contributed by atoms with van der Waals surface area (Å²) in [6.45, 7) is 2.85. The van der Waals surface area contributed by atoms with Crippen molar-refractivity contribution in [1.29, 1.82) is 0 Å². The first-order valence-corrected chi connectivity index (χ1v) is 6.99. The molecule has 0 bridgehead atoms. The molecule has 1 amide bonds. The predicted octanol–water partition coefficient (Wildman–Crippen LogP) is 1.71. The molecule has 5 nitrogen and oxygen atoms in total. The van der Waals surface area contributed by atoms with E-state index in [2.05, 4.69) is 15.2 Å². The summed E-state index contributed by atoms with van der Waals surface area (Å²) in [5, 5.41) is 2.92. The van der Waals surface area contributed by atoms with Crippen LogP contribution >= 0.6 is 0 Å². The SMILES string of the molecule is O=C(NCCN1CCOc2ccccc21)c1cccnc1. The van der Waals surface area contributed by atoms with E-state index >= 15 is 0 Å². The molecule has 1 aliphatic rings. The Balaban J connectivity index is 1.56. The Kier molecular flexibility index (Phi) is 4.00. The highest BCUT2D eigenvalue weighted by Crippen LogP contribution is 2.30. The van der Waals surface area contributed by atoms with Crippen LogP contribution in [0.15, 0.2) is 48.8 Å². The van der Waals surface area contributed by atoms with Gasteiger partial charge in [0.25, 0.3) is 5.91 Å². The Morgan fingerprint density at radius 2 is 2.19 bits per heavy atom. The van der Waals surface area contributed by atoms with E-state index in [1.54, 1.807) is 24.5 Å². The van der Waals surface area contributed by atoms with Gasteiger partial charge in [-0.25, -0.2) is 0 Å². The molecule has 0 aliphatic carbocycles. The van der Waals surface area contributed by atoms with E-state index in [9.17, 15) is 4.79 Å². The highest BCUT2D eigenvalue weighted by atomic mass is 16.5. The number of rotatable bonds is 4. The maximum atomic E-state index is 11.9. The van der Waals surface area contributed by atoms with Crippen LogP contribution in [0.4, 0.5) is 5.69 Å². The van der Waals surface area contributed by atoms with Crippen LogP contribution in [0.5, 0.6) is 5.75 Å². The standard InChI is InChI=1S/C16H17N3O2/c20-16(13-4-3-7-17-12-13)18-8-9-19-10-11-21-15-6-2-1-5-14(15)19/h1-7,12H,8-11H2,(H,18,20). The van der Waals surface area contributed by atoms with Crippen LogP contribution in [0, 0.1) is 0 Å². The van der Waals surface area contributed by atoms with Crippen molar-refractivity contribution in [3.8, 4) is 5.75 Å². The van der Waals surface area contributed by atoms with Gasteiger partial charge in [0.1, 0.15) is 12.4 Å². The number of ether oxygens (including phenoxy) is 1. The normalized spacial score (nSPS) is 13.2. The number of fused-ring (bicyclic) bond motifs is 1. The molecule has 0 saturated heterocycles. The van der Waals surface area contributed by atoms with Gasteiger partial charge in [0.2, 0.25) is 0 Å². The Morgan fingerprint density at radius 1 is 1.29 bits per heavy atom. The minimum absolute atomic E-state index is 0.0929. The van der Waals surface area contributed by atoms with Crippen LogP contribution in [0.1, 0.15) is 10.4 Å². The van der Waals surface area contributed by atoms with Gasteiger partial charge < -0.3 is 15.0 Å². The van der Waals surface area contributed by atoms with Gasteiger partial charge in [-0.2, -0.15) is 0 Å². The first-order chi connectivity index (χ1) is 10.3. The fraction of sp³-hybridized carbons (Fsp3) is 0.250. The van der Waals surface area contributed by atoms with Crippen molar-refractivity contribution in [2.75, 3.05) is 31.1 Å². The van der Waals surface area contributed by atoms with E-state index in [1.807, 2.05) is 24.3 Å². The van der Waals surface area contributed by atoms with Crippen molar-refractivity contribution in [2.45, 2.75) is 0 Å². The van der Waals surface area contributed by atoms with E-state index in [-0.39, 0.29) is 5.91 Å². The van der Waals surface area contributed by atoms with Crippen LogP contribution in [-0.2, 0) is 0 Å². The van der Waals surface area contributed by atoms with Gasteiger partial charge in [0, 0.05) is 25.5 Å². The number of nitrogens with zero attached hydrogens (tertiary/aromatic N) is 2. The number of hydrogen-bond donors (Lipinski definition) is 1. The van der Waals surface area contributed by atoms with Gasteiger partial charge >= 0.3 is 0 Å².